The van der Waals surface area contributed by atoms with Crippen LogP contribution in [0.15, 0.2) is 0 Å². The largest absolute Gasteiger partial charge is 0.472 e. The van der Waals surface area contributed by atoms with Gasteiger partial charge in [0.2, 0.25) is 6.79 Å². The van der Waals surface area contributed by atoms with Crippen molar-refractivity contribution in [1.29, 1.82) is 0 Å². The van der Waals surface area contributed by atoms with Crippen molar-refractivity contribution in [2.75, 3.05) is 13.4 Å². The van der Waals surface area contributed by atoms with Crippen LogP contribution in [0.2, 0.25) is 0 Å². The first-order chi connectivity index (χ1) is 18.7. The SMILES string of the molecule is CCOC1CC2CC(OC(C)C)CCC2(C)C2CC(O)C3(C)C(C(C)CCC(=O)OCOP(=O)(O)O)CCC3C12. The van der Waals surface area contributed by atoms with E-state index in [0.29, 0.717) is 42.8 Å². The number of carbonyl (C=O) groups is 1. The van der Waals surface area contributed by atoms with Gasteiger partial charge in [-0.1, -0.05) is 20.8 Å². The number of hydrogen-bond donors (Lipinski definition) is 3. The van der Waals surface area contributed by atoms with Gasteiger partial charge in [0, 0.05) is 13.0 Å². The van der Waals surface area contributed by atoms with Crippen molar-refractivity contribution in [3.8, 4) is 0 Å². The first kappa shape index (κ1) is 32.4. The average molecular weight is 589 g/mol. The molecule has 4 aliphatic rings. The number of ether oxygens (including phenoxy) is 3. The summed E-state index contributed by atoms with van der Waals surface area (Å²) in [6.07, 6.45) is 8.31. The summed E-state index contributed by atoms with van der Waals surface area (Å²) in [5.74, 6) is 1.68. The second kappa shape index (κ2) is 12.6. The zero-order valence-corrected chi connectivity index (χ0v) is 26.2. The van der Waals surface area contributed by atoms with E-state index in [1.165, 1.54) is 0 Å². The predicted molar refractivity (Wildman–Crippen MR) is 150 cm³/mol. The fraction of sp³-hybridized carbons (Fsp3) is 0.967. The molecule has 4 fully saturated rings. The van der Waals surface area contributed by atoms with Gasteiger partial charge in [0.25, 0.3) is 0 Å². The van der Waals surface area contributed by atoms with Gasteiger partial charge >= 0.3 is 13.8 Å². The second-order valence-corrected chi connectivity index (χ2v) is 15.1. The van der Waals surface area contributed by atoms with Crippen molar-refractivity contribution in [3.05, 3.63) is 0 Å². The van der Waals surface area contributed by atoms with E-state index in [9.17, 15) is 14.5 Å². The monoisotopic (exact) mass is 588 g/mol. The standard InChI is InChI=1S/C30H53O9P/c1-7-36-25-15-20-14-21(39-18(2)3)12-13-29(20,5)24-16-26(31)30(6)22(9-10-23(30)28(24)25)19(4)8-11-27(32)37-17-38-40(33,34)35/h18-26,28,31H,7-17H2,1-6H3,(H2,33,34,35). The number of phosphoric acid groups is 1. The predicted octanol–water partition coefficient (Wildman–Crippen LogP) is 5.45. The highest BCUT2D eigenvalue weighted by molar-refractivity contribution is 7.46. The summed E-state index contributed by atoms with van der Waals surface area (Å²) >= 11 is 0. The highest BCUT2D eigenvalue weighted by Crippen LogP contribution is 2.68. The number of phosphoric ester groups is 1. The maximum absolute atomic E-state index is 12.2. The number of esters is 1. The number of rotatable bonds is 11. The Hall–Kier alpha value is -0.540. The lowest BCUT2D eigenvalue weighted by Crippen LogP contribution is -2.62. The summed E-state index contributed by atoms with van der Waals surface area (Å²) in [7, 11) is -4.68. The quantitative estimate of drug-likeness (QED) is 0.164. The van der Waals surface area contributed by atoms with Crippen LogP contribution < -0.4 is 0 Å². The van der Waals surface area contributed by atoms with E-state index in [1.807, 2.05) is 0 Å². The molecule has 3 N–H and O–H groups in total. The van der Waals surface area contributed by atoms with Crippen molar-refractivity contribution >= 4 is 13.8 Å². The maximum atomic E-state index is 12.2. The fourth-order valence-electron chi connectivity index (χ4n) is 9.77. The zero-order chi connectivity index (χ0) is 29.5. The van der Waals surface area contributed by atoms with Crippen molar-refractivity contribution in [3.63, 3.8) is 0 Å². The van der Waals surface area contributed by atoms with Gasteiger partial charge in [0.15, 0.2) is 0 Å². The molecule has 9 nitrogen and oxygen atoms in total. The molecule has 10 heteroatoms. The number of aliphatic hydroxyl groups is 1. The summed E-state index contributed by atoms with van der Waals surface area (Å²) in [5, 5.41) is 11.9. The summed E-state index contributed by atoms with van der Waals surface area (Å²) in [5.41, 5.74) is -0.0649. The molecule has 0 aliphatic heterocycles. The van der Waals surface area contributed by atoms with Gasteiger partial charge in [0.05, 0.1) is 24.4 Å². The summed E-state index contributed by atoms with van der Waals surface area (Å²) in [6, 6.07) is 0. The van der Waals surface area contributed by atoms with Gasteiger partial charge in [-0.2, -0.15) is 0 Å². The molecule has 0 radical (unpaired) electrons. The number of fused-ring (bicyclic) bond motifs is 5. The topological polar surface area (TPSA) is 132 Å². The van der Waals surface area contributed by atoms with Crippen molar-refractivity contribution in [2.45, 2.75) is 124 Å². The minimum absolute atomic E-state index is 0.145. The molecular formula is C30H53O9P. The minimum atomic E-state index is -4.68. The first-order valence-corrected chi connectivity index (χ1v) is 17.0. The molecule has 0 spiro atoms. The Morgan fingerprint density at radius 2 is 1.77 bits per heavy atom. The maximum Gasteiger partial charge on any atom is 0.472 e. The van der Waals surface area contributed by atoms with E-state index in [-0.39, 0.29) is 41.3 Å². The lowest BCUT2D eigenvalue weighted by atomic mass is 9.43. The minimum Gasteiger partial charge on any atom is -0.438 e. The van der Waals surface area contributed by atoms with Gasteiger partial charge < -0.3 is 29.1 Å². The Morgan fingerprint density at radius 3 is 2.42 bits per heavy atom. The summed E-state index contributed by atoms with van der Waals surface area (Å²) in [4.78, 5) is 29.7. The van der Waals surface area contributed by atoms with Gasteiger partial charge in [-0.05, 0) is 118 Å². The van der Waals surface area contributed by atoms with E-state index in [2.05, 4.69) is 46.1 Å². The summed E-state index contributed by atoms with van der Waals surface area (Å²) < 4.78 is 32.7. The molecule has 4 aliphatic carbocycles. The first-order valence-electron chi connectivity index (χ1n) is 15.5. The van der Waals surface area contributed by atoms with E-state index in [1.54, 1.807) is 0 Å². The zero-order valence-electron chi connectivity index (χ0n) is 25.3. The lowest BCUT2D eigenvalue weighted by Gasteiger charge is -2.64. The third-order valence-corrected chi connectivity index (χ3v) is 12.0. The van der Waals surface area contributed by atoms with Crippen LogP contribution in [-0.2, 0) is 28.1 Å². The van der Waals surface area contributed by atoms with E-state index in [0.717, 1.165) is 44.9 Å². The third kappa shape index (κ3) is 6.51. The second-order valence-electron chi connectivity index (χ2n) is 13.9. The molecule has 232 valence electrons. The van der Waals surface area contributed by atoms with E-state index >= 15 is 0 Å². The molecule has 0 heterocycles. The van der Waals surface area contributed by atoms with Crippen molar-refractivity contribution < 1.29 is 43.0 Å². The van der Waals surface area contributed by atoms with Gasteiger partial charge in [-0.3, -0.25) is 4.79 Å². The molecule has 4 rings (SSSR count). The average Bonchev–Trinajstić information content (AvgIpc) is 3.21. The summed E-state index contributed by atoms with van der Waals surface area (Å²) in [6.45, 7) is 13.2. The molecule has 0 bridgehead atoms. The number of aliphatic hydroxyl groups excluding tert-OH is 1. The van der Waals surface area contributed by atoms with E-state index < -0.39 is 26.7 Å². The third-order valence-electron chi connectivity index (χ3n) is 11.6. The van der Waals surface area contributed by atoms with Crippen LogP contribution in [-0.4, -0.2) is 58.7 Å². The molecule has 11 atom stereocenters. The normalized spacial score (nSPS) is 42.1. The molecular weight excluding hydrogens is 535 g/mol. The molecule has 0 aromatic rings. The van der Waals surface area contributed by atoms with Crippen molar-refractivity contribution in [1.82, 2.24) is 0 Å². The van der Waals surface area contributed by atoms with Crippen LogP contribution >= 0.6 is 7.82 Å². The van der Waals surface area contributed by atoms with Crippen LogP contribution in [0.3, 0.4) is 0 Å². The number of hydrogen-bond acceptors (Lipinski definition) is 7. The molecule has 4 saturated carbocycles. The Balaban J connectivity index is 1.47. The fourth-order valence-corrected chi connectivity index (χ4v) is 9.96. The number of carbonyl (C=O) groups excluding carboxylic acids is 1. The van der Waals surface area contributed by atoms with Gasteiger partial charge in [-0.15, -0.1) is 0 Å². The molecule has 0 aromatic carbocycles. The Bertz CT molecular complexity index is 923. The van der Waals surface area contributed by atoms with Crippen molar-refractivity contribution in [2.24, 2.45) is 46.3 Å². The van der Waals surface area contributed by atoms with E-state index in [4.69, 9.17) is 24.0 Å². The smallest absolute Gasteiger partial charge is 0.438 e. The Morgan fingerprint density at radius 1 is 1.05 bits per heavy atom. The van der Waals surface area contributed by atoms with Gasteiger partial charge in [-0.25, -0.2) is 9.09 Å². The molecule has 0 amide bonds. The highest BCUT2D eigenvalue weighted by atomic mass is 31.2. The van der Waals surface area contributed by atoms with Crippen LogP contribution in [0.5, 0.6) is 0 Å². The molecule has 40 heavy (non-hydrogen) atoms. The van der Waals surface area contributed by atoms with Crippen LogP contribution in [0.4, 0.5) is 0 Å². The molecule has 11 unspecified atom stereocenters. The Labute approximate surface area is 240 Å². The van der Waals surface area contributed by atoms with Crippen LogP contribution in [0.25, 0.3) is 0 Å². The van der Waals surface area contributed by atoms with Crippen LogP contribution in [0.1, 0.15) is 99.3 Å². The highest BCUT2D eigenvalue weighted by Gasteiger charge is 2.66. The Kier molecular flexibility index (Phi) is 10.2. The lowest BCUT2D eigenvalue weighted by molar-refractivity contribution is -0.219. The molecule has 0 aromatic heterocycles. The van der Waals surface area contributed by atoms with Gasteiger partial charge in [0.1, 0.15) is 0 Å². The molecule has 0 saturated heterocycles. The van der Waals surface area contributed by atoms with Crippen LogP contribution in [0, 0.1) is 46.3 Å².